The topological polar surface area (TPSA) is 20.3 Å². The summed E-state index contributed by atoms with van der Waals surface area (Å²) in [5, 5.41) is 0. The fourth-order valence-electron chi connectivity index (χ4n) is 4.55. The summed E-state index contributed by atoms with van der Waals surface area (Å²) in [6.45, 7) is 2.19. The minimum Gasteiger partial charge on any atom is -0.307 e. The highest BCUT2D eigenvalue weighted by molar-refractivity contribution is 6.07. The van der Waals surface area contributed by atoms with Crippen LogP contribution in [-0.4, -0.2) is 30.8 Å². The van der Waals surface area contributed by atoms with Crippen molar-refractivity contribution in [2.24, 2.45) is 0 Å². The maximum atomic E-state index is 14.6. The highest BCUT2D eigenvalue weighted by atomic mass is 16.1. The monoisotopic (exact) mass is 433 g/mol. The third-order valence-corrected chi connectivity index (χ3v) is 6.64. The van der Waals surface area contributed by atoms with Crippen LogP contribution in [0.4, 0.5) is 0 Å². The lowest BCUT2D eigenvalue weighted by Crippen LogP contribution is -2.43. The Kier molecular flexibility index (Phi) is 6.86. The van der Waals surface area contributed by atoms with Crippen molar-refractivity contribution >= 4 is 5.78 Å². The maximum absolute atomic E-state index is 14.6. The second-order valence-corrected chi connectivity index (χ2v) is 8.93. The first kappa shape index (κ1) is 22.7. The van der Waals surface area contributed by atoms with Gasteiger partial charge in [0.1, 0.15) is 0 Å². The van der Waals surface area contributed by atoms with Crippen molar-refractivity contribution in [3.8, 4) is 11.1 Å². The highest BCUT2D eigenvalue weighted by Crippen LogP contribution is 2.41. The van der Waals surface area contributed by atoms with Gasteiger partial charge in [-0.2, -0.15) is 0 Å². The minimum absolute atomic E-state index is 0.131. The molecular weight excluding hydrogens is 402 g/mol. The fourth-order valence-corrected chi connectivity index (χ4v) is 4.55. The number of ketones is 1. The lowest BCUT2D eigenvalue weighted by atomic mass is 9.66. The molecule has 0 bridgehead atoms. The average molecular weight is 434 g/mol. The number of rotatable bonds is 8. The van der Waals surface area contributed by atoms with E-state index in [-0.39, 0.29) is 11.8 Å². The van der Waals surface area contributed by atoms with Crippen LogP contribution in [0, 0.1) is 0 Å². The molecule has 0 fully saturated rings. The normalized spacial score (nSPS) is 12.5. The summed E-state index contributed by atoms with van der Waals surface area (Å²) < 4.78 is 0. The van der Waals surface area contributed by atoms with E-state index in [9.17, 15) is 4.79 Å². The molecule has 0 saturated carbocycles. The first-order valence-corrected chi connectivity index (χ1v) is 11.5. The van der Waals surface area contributed by atoms with E-state index in [0.717, 1.165) is 27.8 Å². The lowest BCUT2D eigenvalue weighted by molar-refractivity contribution is 0.0882. The number of nitrogens with zero attached hydrogens (tertiary/aromatic N) is 1. The van der Waals surface area contributed by atoms with E-state index in [0.29, 0.717) is 6.42 Å². The molecule has 1 atom stereocenters. The molecule has 2 heteroatoms. The van der Waals surface area contributed by atoms with Gasteiger partial charge in [-0.15, -0.1) is 0 Å². The molecule has 0 amide bonds. The minimum atomic E-state index is -0.790. The van der Waals surface area contributed by atoms with Gasteiger partial charge < -0.3 is 4.90 Å². The number of benzene rings is 4. The Balaban J connectivity index is 1.92. The Labute approximate surface area is 197 Å². The van der Waals surface area contributed by atoms with Crippen LogP contribution in [0.1, 0.15) is 34.8 Å². The number of hydrogen-bond donors (Lipinski definition) is 0. The highest BCUT2D eigenvalue weighted by Gasteiger charge is 2.43. The van der Waals surface area contributed by atoms with Crippen molar-refractivity contribution in [1.82, 2.24) is 4.90 Å². The van der Waals surface area contributed by atoms with Crippen LogP contribution >= 0.6 is 0 Å². The number of carbonyl (C=O) groups is 1. The molecule has 0 N–H and O–H groups in total. The van der Waals surface area contributed by atoms with E-state index in [1.807, 2.05) is 72.8 Å². The zero-order chi connectivity index (χ0) is 23.3. The second kappa shape index (κ2) is 9.97. The Bertz CT molecular complexity index is 1140. The largest absolute Gasteiger partial charge is 0.307 e. The van der Waals surface area contributed by atoms with E-state index in [2.05, 4.69) is 68.4 Å². The molecule has 0 radical (unpaired) electrons. The third kappa shape index (κ3) is 4.67. The summed E-state index contributed by atoms with van der Waals surface area (Å²) in [4.78, 5) is 16.8. The summed E-state index contributed by atoms with van der Waals surface area (Å²) >= 11 is 0. The van der Waals surface area contributed by atoms with Gasteiger partial charge >= 0.3 is 0 Å². The van der Waals surface area contributed by atoms with Crippen LogP contribution in [0.2, 0.25) is 0 Å². The van der Waals surface area contributed by atoms with Gasteiger partial charge in [-0.3, -0.25) is 4.79 Å². The quantitative estimate of drug-likeness (QED) is 0.283. The van der Waals surface area contributed by atoms with E-state index < -0.39 is 5.41 Å². The predicted molar refractivity (Wildman–Crippen MR) is 138 cm³/mol. The van der Waals surface area contributed by atoms with Crippen molar-refractivity contribution in [1.29, 1.82) is 0 Å². The smallest absolute Gasteiger partial charge is 0.177 e. The van der Waals surface area contributed by atoms with Crippen LogP contribution in [0.25, 0.3) is 11.1 Å². The van der Waals surface area contributed by atoms with Crippen LogP contribution in [0.3, 0.4) is 0 Å². The molecule has 0 spiro atoms. The Morgan fingerprint density at radius 1 is 0.697 bits per heavy atom. The molecule has 0 unspecified atom stereocenters. The summed E-state index contributed by atoms with van der Waals surface area (Å²) in [7, 11) is 4.15. The molecule has 0 saturated heterocycles. The van der Waals surface area contributed by atoms with E-state index in [4.69, 9.17) is 0 Å². The molecular formula is C31H31NO. The van der Waals surface area contributed by atoms with Gasteiger partial charge in [0.25, 0.3) is 0 Å². The Hall–Kier alpha value is -3.49. The molecule has 4 aromatic rings. The van der Waals surface area contributed by atoms with Gasteiger partial charge in [0.2, 0.25) is 0 Å². The molecule has 0 aromatic heterocycles. The van der Waals surface area contributed by atoms with E-state index in [1.54, 1.807) is 0 Å². The van der Waals surface area contributed by atoms with Crippen molar-refractivity contribution in [2.45, 2.75) is 24.8 Å². The van der Waals surface area contributed by atoms with Gasteiger partial charge in [-0.05, 0) is 55.8 Å². The van der Waals surface area contributed by atoms with E-state index in [1.165, 1.54) is 0 Å². The molecule has 0 aliphatic rings. The molecule has 33 heavy (non-hydrogen) atoms. The fraction of sp³-hybridized carbons (Fsp3) is 0.194. The Morgan fingerprint density at radius 3 is 1.70 bits per heavy atom. The van der Waals surface area contributed by atoms with Crippen LogP contribution in [-0.2, 0) is 5.41 Å². The van der Waals surface area contributed by atoms with Crippen molar-refractivity contribution in [3.63, 3.8) is 0 Å². The second-order valence-electron chi connectivity index (χ2n) is 8.93. The van der Waals surface area contributed by atoms with E-state index >= 15 is 0 Å². The van der Waals surface area contributed by atoms with Gasteiger partial charge in [0.15, 0.2) is 5.78 Å². The van der Waals surface area contributed by atoms with Crippen LogP contribution in [0.5, 0.6) is 0 Å². The summed E-state index contributed by atoms with van der Waals surface area (Å²) in [5.41, 5.74) is 4.16. The molecule has 2 nitrogen and oxygen atoms in total. The predicted octanol–water partition coefficient (Wildman–Crippen LogP) is 6.86. The molecule has 4 rings (SSSR count). The van der Waals surface area contributed by atoms with Gasteiger partial charge in [0.05, 0.1) is 5.41 Å². The SMILES string of the molecule is C[C@@H](CC(C(=O)c1cccc(-c2ccccc2)c1)(c1ccccc1)c1ccccc1)N(C)C. The van der Waals surface area contributed by atoms with Crippen molar-refractivity contribution < 1.29 is 4.79 Å². The van der Waals surface area contributed by atoms with Crippen LogP contribution in [0.15, 0.2) is 115 Å². The average Bonchev–Trinajstić information content (AvgIpc) is 2.88. The first-order chi connectivity index (χ1) is 16.0. The number of carbonyl (C=O) groups excluding carboxylic acids is 1. The number of hydrogen-bond acceptors (Lipinski definition) is 2. The number of Topliss-reactive ketones (excluding diaryl/α,β-unsaturated/α-hetero) is 1. The first-order valence-electron chi connectivity index (χ1n) is 11.5. The van der Waals surface area contributed by atoms with Crippen LogP contribution < -0.4 is 0 Å². The van der Waals surface area contributed by atoms with Gasteiger partial charge in [-0.1, -0.05) is 109 Å². The standard InChI is InChI=1S/C31H31NO/c1-24(32(2)3)23-31(28-18-9-5-10-19-28,29-20-11-6-12-21-29)30(33)27-17-13-16-26(22-27)25-14-7-4-8-15-25/h4-22,24H,23H2,1-3H3/t24-/m0/s1. The molecule has 0 aliphatic carbocycles. The molecule has 166 valence electrons. The summed E-state index contributed by atoms with van der Waals surface area (Å²) in [6, 6.07) is 39.0. The molecule has 0 heterocycles. The summed E-state index contributed by atoms with van der Waals surface area (Å²) in [6.07, 6.45) is 0.683. The Morgan fingerprint density at radius 2 is 1.18 bits per heavy atom. The van der Waals surface area contributed by atoms with Crippen molar-refractivity contribution in [2.75, 3.05) is 14.1 Å². The van der Waals surface area contributed by atoms with Gasteiger partial charge in [0, 0.05) is 11.6 Å². The third-order valence-electron chi connectivity index (χ3n) is 6.64. The summed E-state index contributed by atoms with van der Waals surface area (Å²) in [5.74, 6) is 0.131. The zero-order valence-electron chi connectivity index (χ0n) is 19.6. The zero-order valence-corrected chi connectivity index (χ0v) is 19.6. The lowest BCUT2D eigenvalue weighted by Gasteiger charge is -2.38. The molecule has 0 aliphatic heterocycles. The van der Waals surface area contributed by atoms with Gasteiger partial charge in [-0.25, -0.2) is 0 Å². The maximum Gasteiger partial charge on any atom is 0.177 e. The molecule has 4 aromatic carbocycles. The van der Waals surface area contributed by atoms with Crippen molar-refractivity contribution in [3.05, 3.63) is 132 Å².